The molecule has 1 aromatic rings. The van der Waals surface area contributed by atoms with Crippen LogP contribution in [0.5, 0.6) is 11.5 Å². The van der Waals surface area contributed by atoms with Crippen LogP contribution in [0.3, 0.4) is 0 Å². The molecule has 10 heteroatoms. The standard InChI is InChI=1S/C11H13ClN2O6S/c12-2-1-5-21(17,18)13-8-6-10-11(20-4-3-19-10)7-9(8)14(15)16/h6-7,13H,1-5H2. The molecule has 0 spiro atoms. The fourth-order valence-corrected chi connectivity index (χ4v) is 3.19. The highest BCUT2D eigenvalue weighted by atomic mass is 35.5. The number of rotatable bonds is 6. The van der Waals surface area contributed by atoms with Gasteiger partial charge in [0.05, 0.1) is 16.7 Å². The number of nitro groups is 1. The van der Waals surface area contributed by atoms with Crippen LogP contribution in [0.4, 0.5) is 11.4 Å². The summed E-state index contributed by atoms with van der Waals surface area (Å²) in [6.07, 6.45) is 0.245. The second kappa shape index (κ2) is 6.35. The Kier molecular flexibility index (Phi) is 4.73. The molecule has 0 saturated heterocycles. The first-order valence-corrected chi connectivity index (χ1v) is 8.26. The Balaban J connectivity index is 2.35. The molecule has 0 saturated carbocycles. The van der Waals surface area contributed by atoms with Crippen LogP contribution in [0.1, 0.15) is 6.42 Å². The summed E-state index contributed by atoms with van der Waals surface area (Å²) in [5.41, 5.74) is -0.549. The van der Waals surface area contributed by atoms with Gasteiger partial charge < -0.3 is 9.47 Å². The Morgan fingerprint density at radius 1 is 1.29 bits per heavy atom. The maximum Gasteiger partial charge on any atom is 0.297 e. The van der Waals surface area contributed by atoms with E-state index in [2.05, 4.69) is 4.72 Å². The molecule has 0 fully saturated rings. The zero-order valence-electron chi connectivity index (χ0n) is 10.9. The number of nitrogens with zero attached hydrogens (tertiary/aromatic N) is 1. The molecule has 0 atom stereocenters. The summed E-state index contributed by atoms with van der Waals surface area (Å²) in [5, 5.41) is 11.1. The summed E-state index contributed by atoms with van der Waals surface area (Å²) in [6.45, 7) is 0.578. The predicted octanol–water partition coefficient (Wildman–Crippen LogP) is 1.74. The molecule has 21 heavy (non-hydrogen) atoms. The quantitative estimate of drug-likeness (QED) is 0.481. The Hall–Kier alpha value is -1.74. The van der Waals surface area contributed by atoms with Crippen molar-refractivity contribution in [1.29, 1.82) is 0 Å². The first-order chi connectivity index (χ1) is 9.93. The maximum atomic E-state index is 11.8. The van der Waals surface area contributed by atoms with E-state index in [9.17, 15) is 18.5 Å². The molecule has 1 N–H and O–H groups in total. The van der Waals surface area contributed by atoms with E-state index in [1.165, 1.54) is 6.07 Å². The monoisotopic (exact) mass is 336 g/mol. The minimum Gasteiger partial charge on any atom is -0.486 e. The number of sulfonamides is 1. The molecule has 0 aliphatic carbocycles. The average Bonchev–Trinajstić information content (AvgIpc) is 2.44. The van der Waals surface area contributed by atoms with Crippen LogP contribution in [0.15, 0.2) is 12.1 Å². The van der Waals surface area contributed by atoms with Crippen molar-refractivity contribution < 1.29 is 22.8 Å². The molecular formula is C11H13ClN2O6S. The molecule has 1 aromatic carbocycles. The van der Waals surface area contributed by atoms with E-state index in [1.807, 2.05) is 0 Å². The van der Waals surface area contributed by atoms with Crippen LogP contribution in [-0.2, 0) is 10.0 Å². The highest BCUT2D eigenvalue weighted by Crippen LogP contribution is 2.39. The lowest BCUT2D eigenvalue weighted by atomic mass is 10.2. The van der Waals surface area contributed by atoms with Gasteiger partial charge in [0.1, 0.15) is 18.9 Å². The lowest BCUT2D eigenvalue weighted by Gasteiger charge is -2.19. The van der Waals surface area contributed by atoms with Crippen LogP contribution in [-0.4, -0.2) is 38.2 Å². The lowest BCUT2D eigenvalue weighted by Crippen LogP contribution is -2.19. The van der Waals surface area contributed by atoms with Gasteiger partial charge >= 0.3 is 0 Å². The third-order valence-electron chi connectivity index (χ3n) is 2.67. The highest BCUT2D eigenvalue weighted by molar-refractivity contribution is 7.92. The first-order valence-electron chi connectivity index (χ1n) is 6.07. The number of hydrogen-bond donors (Lipinski definition) is 1. The number of fused-ring (bicyclic) bond motifs is 1. The lowest BCUT2D eigenvalue weighted by molar-refractivity contribution is -0.384. The van der Waals surface area contributed by atoms with Crippen molar-refractivity contribution in [2.45, 2.75) is 6.42 Å². The Bertz CT molecular complexity index is 648. The molecule has 2 rings (SSSR count). The Morgan fingerprint density at radius 2 is 1.90 bits per heavy atom. The van der Waals surface area contributed by atoms with Crippen molar-refractivity contribution in [3.8, 4) is 11.5 Å². The molecule has 1 aliphatic rings. The largest absolute Gasteiger partial charge is 0.486 e. The van der Waals surface area contributed by atoms with E-state index in [0.717, 1.165) is 6.07 Å². The number of nitrogens with one attached hydrogen (secondary N) is 1. The molecule has 116 valence electrons. The summed E-state index contributed by atoms with van der Waals surface area (Å²) >= 11 is 5.45. The predicted molar refractivity (Wildman–Crippen MR) is 76.8 cm³/mol. The summed E-state index contributed by atoms with van der Waals surface area (Å²) in [5.74, 6) is 0.449. The number of alkyl halides is 1. The number of halogens is 1. The molecule has 1 heterocycles. The van der Waals surface area contributed by atoms with Crippen molar-refractivity contribution >= 4 is 33.0 Å². The topological polar surface area (TPSA) is 108 Å². The van der Waals surface area contributed by atoms with Crippen molar-refractivity contribution in [3.63, 3.8) is 0 Å². The SMILES string of the molecule is O=[N+]([O-])c1cc2c(cc1NS(=O)(=O)CCCCl)OCCO2. The van der Waals surface area contributed by atoms with Crippen molar-refractivity contribution in [3.05, 3.63) is 22.2 Å². The van der Waals surface area contributed by atoms with Crippen LogP contribution in [0.2, 0.25) is 0 Å². The molecule has 8 nitrogen and oxygen atoms in total. The second-order valence-electron chi connectivity index (χ2n) is 4.23. The van der Waals surface area contributed by atoms with Crippen molar-refractivity contribution in [2.75, 3.05) is 29.6 Å². The summed E-state index contributed by atoms with van der Waals surface area (Å²) in [4.78, 5) is 10.4. The van der Waals surface area contributed by atoms with Gasteiger partial charge in [0.25, 0.3) is 5.69 Å². The van der Waals surface area contributed by atoms with E-state index in [-0.39, 0.29) is 41.8 Å². The van der Waals surface area contributed by atoms with Gasteiger partial charge in [0.2, 0.25) is 10.0 Å². The van der Waals surface area contributed by atoms with E-state index in [4.69, 9.17) is 21.1 Å². The van der Waals surface area contributed by atoms with Gasteiger partial charge in [0.15, 0.2) is 11.5 Å². The normalized spacial score (nSPS) is 13.8. The fraction of sp³-hybridized carbons (Fsp3) is 0.455. The number of anilines is 1. The van der Waals surface area contributed by atoms with Gasteiger partial charge in [-0.3, -0.25) is 14.8 Å². The zero-order chi connectivity index (χ0) is 15.5. The molecule has 0 amide bonds. The summed E-state index contributed by atoms with van der Waals surface area (Å²) in [6, 6.07) is 2.40. The molecule has 0 radical (unpaired) electrons. The van der Waals surface area contributed by atoms with Crippen LogP contribution in [0, 0.1) is 10.1 Å². The molecule has 0 bridgehead atoms. The number of benzene rings is 1. The summed E-state index contributed by atoms with van der Waals surface area (Å²) < 4.78 is 36.4. The zero-order valence-corrected chi connectivity index (χ0v) is 12.4. The molecule has 1 aliphatic heterocycles. The Labute approximate surface area is 126 Å². The molecule has 0 unspecified atom stereocenters. The van der Waals surface area contributed by atoms with Gasteiger partial charge in [-0.1, -0.05) is 0 Å². The van der Waals surface area contributed by atoms with Gasteiger partial charge in [0, 0.05) is 11.9 Å². The molecule has 0 aromatic heterocycles. The van der Waals surface area contributed by atoms with Gasteiger partial charge in [-0.25, -0.2) is 8.42 Å². The first kappa shape index (κ1) is 15.6. The van der Waals surface area contributed by atoms with Crippen LogP contribution in [0.25, 0.3) is 0 Å². The minimum absolute atomic E-state index is 0.154. The fourth-order valence-electron chi connectivity index (χ4n) is 1.77. The van der Waals surface area contributed by atoms with Crippen LogP contribution < -0.4 is 14.2 Å². The average molecular weight is 337 g/mol. The van der Waals surface area contributed by atoms with Gasteiger partial charge in [-0.05, 0) is 6.42 Å². The van der Waals surface area contributed by atoms with Gasteiger partial charge in [-0.15, -0.1) is 11.6 Å². The third kappa shape index (κ3) is 3.88. The Morgan fingerprint density at radius 3 is 2.48 bits per heavy atom. The third-order valence-corrected chi connectivity index (χ3v) is 4.29. The summed E-state index contributed by atoms with van der Waals surface area (Å²) in [7, 11) is -3.71. The number of hydrogen-bond acceptors (Lipinski definition) is 6. The van der Waals surface area contributed by atoms with Crippen LogP contribution >= 0.6 is 11.6 Å². The van der Waals surface area contributed by atoms with E-state index >= 15 is 0 Å². The van der Waals surface area contributed by atoms with Gasteiger partial charge in [-0.2, -0.15) is 0 Å². The minimum atomic E-state index is -3.71. The number of nitro benzene ring substituents is 1. The second-order valence-corrected chi connectivity index (χ2v) is 6.45. The van der Waals surface area contributed by atoms with Crippen molar-refractivity contribution in [2.24, 2.45) is 0 Å². The van der Waals surface area contributed by atoms with Crippen molar-refractivity contribution in [1.82, 2.24) is 0 Å². The highest BCUT2D eigenvalue weighted by Gasteiger charge is 2.24. The smallest absolute Gasteiger partial charge is 0.297 e. The van der Waals surface area contributed by atoms with E-state index in [1.54, 1.807) is 0 Å². The van der Waals surface area contributed by atoms with E-state index < -0.39 is 20.6 Å². The molecular weight excluding hydrogens is 324 g/mol. The number of ether oxygens (including phenoxy) is 2. The van der Waals surface area contributed by atoms with E-state index in [0.29, 0.717) is 6.61 Å². The maximum absolute atomic E-state index is 11.8.